The second-order valence-electron chi connectivity index (χ2n) is 6.70. The highest BCUT2D eigenvalue weighted by molar-refractivity contribution is 6.02. The summed E-state index contributed by atoms with van der Waals surface area (Å²) < 4.78 is 22.2. The largest absolute Gasteiger partial charge is 0.493 e. The molecule has 0 fully saturated rings. The number of fused-ring (bicyclic) bond motifs is 1. The molecule has 0 radical (unpaired) electrons. The standard InChI is InChI=1S/C22H25NO6/c1-5-6-21(25)23-14-7-8-17-15(11-14)16(24)12-18(29-17)13-9-19(26-2)22(28-4)20(10-13)27-3/h7-11,18H,5-6,12H2,1-4H3,(H,23,25). The summed E-state index contributed by atoms with van der Waals surface area (Å²) in [7, 11) is 4.61. The predicted molar refractivity (Wildman–Crippen MR) is 108 cm³/mol. The van der Waals surface area contributed by atoms with Crippen LogP contribution in [0.3, 0.4) is 0 Å². The monoisotopic (exact) mass is 399 g/mol. The van der Waals surface area contributed by atoms with Crippen molar-refractivity contribution in [3.8, 4) is 23.0 Å². The van der Waals surface area contributed by atoms with Crippen molar-refractivity contribution in [3.05, 3.63) is 41.5 Å². The number of methoxy groups -OCH3 is 3. The quantitative estimate of drug-likeness (QED) is 0.753. The Labute approximate surface area is 169 Å². The fourth-order valence-electron chi connectivity index (χ4n) is 3.33. The third kappa shape index (κ3) is 4.29. The van der Waals surface area contributed by atoms with Crippen molar-refractivity contribution in [2.75, 3.05) is 26.6 Å². The lowest BCUT2D eigenvalue weighted by atomic mass is 9.95. The summed E-state index contributed by atoms with van der Waals surface area (Å²) in [5.74, 6) is 1.82. The van der Waals surface area contributed by atoms with E-state index in [0.717, 1.165) is 12.0 Å². The van der Waals surface area contributed by atoms with Gasteiger partial charge in [-0.25, -0.2) is 0 Å². The van der Waals surface area contributed by atoms with E-state index >= 15 is 0 Å². The molecule has 0 saturated carbocycles. The Kier molecular flexibility index (Phi) is 6.26. The highest BCUT2D eigenvalue weighted by Gasteiger charge is 2.29. The van der Waals surface area contributed by atoms with Crippen molar-refractivity contribution in [2.45, 2.75) is 32.3 Å². The Bertz CT molecular complexity index is 899. The van der Waals surface area contributed by atoms with Gasteiger partial charge in [0, 0.05) is 17.7 Å². The summed E-state index contributed by atoms with van der Waals surface area (Å²) in [5.41, 5.74) is 1.80. The van der Waals surface area contributed by atoms with E-state index in [1.54, 1.807) is 30.3 Å². The van der Waals surface area contributed by atoms with Gasteiger partial charge in [-0.15, -0.1) is 0 Å². The second-order valence-corrected chi connectivity index (χ2v) is 6.70. The van der Waals surface area contributed by atoms with Crippen molar-refractivity contribution in [3.63, 3.8) is 0 Å². The van der Waals surface area contributed by atoms with Crippen molar-refractivity contribution in [1.29, 1.82) is 0 Å². The summed E-state index contributed by atoms with van der Waals surface area (Å²) >= 11 is 0. The number of hydrogen-bond donors (Lipinski definition) is 1. The van der Waals surface area contributed by atoms with Crippen LogP contribution in [0.2, 0.25) is 0 Å². The van der Waals surface area contributed by atoms with E-state index in [4.69, 9.17) is 18.9 Å². The van der Waals surface area contributed by atoms with E-state index in [-0.39, 0.29) is 18.1 Å². The minimum Gasteiger partial charge on any atom is -0.493 e. The zero-order chi connectivity index (χ0) is 21.0. The fraction of sp³-hybridized carbons (Fsp3) is 0.364. The predicted octanol–water partition coefficient (Wildman–Crippen LogP) is 4.16. The summed E-state index contributed by atoms with van der Waals surface area (Å²) in [5, 5.41) is 2.81. The molecule has 1 unspecified atom stereocenters. The number of nitrogens with one attached hydrogen (secondary N) is 1. The third-order valence-corrected chi connectivity index (χ3v) is 4.74. The molecule has 1 heterocycles. The lowest BCUT2D eigenvalue weighted by molar-refractivity contribution is -0.116. The van der Waals surface area contributed by atoms with Crippen LogP contribution in [-0.4, -0.2) is 33.0 Å². The van der Waals surface area contributed by atoms with Crippen LogP contribution >= 0.6 is 0 Å². The molecule has 0 aliphatic carbocycles. The number of rotatable bonds is 7. The molecular weight excluding hydrogens is 374 g/mol. The number of benzene rings is 2. The summed E-state index contributed by atoms with van der Waals surface area (Å²) in [6.45, 7) is 1.94. The molecule has 0 bridgehead atoms. The average molecular weight is 399 g/mol. The van der Waals surface area contributed by atoms with Gasteiger partial charge in [0.2, 0.25) is 11.7 Å². The Balaban J connectivity index is 1.88. The van der Waals surface area contributed by atoms with Crippen LogP contribution < -0.4 is 24.3 Å². The normalized spacial score (nSPS) is 15.2. The molecule has 1 aliphatic heterocycles. The molecule has 7 nitrogen and oxygen atoms in total. The Morgan fingerprint density at radius 2 is 1.79 bits per heavy atom. The number of carbonyl (C=O) groups is 2. The maximum Gasteiger partial charge on any atom is 0.224 e. The molecular formula is C22H25NO6. The van der Waals surface area contributed by atoms with Gasteiger partial charge in [0.05, 0.1) is 33.3 Å². The minimum absolute atomic E-state index is 0.0587. The van der Waals surface area contributed by atoms with E-state index < -0.39 is 6.10 Å². The van der Waals surface area contributed by atoms with E-state index in [2.05, 4.69) is 5.32 Å². The topological polar surface area (TPSA) is 83.1 Å². The summed E-state index contributed by atoms with van der Waals surface area (Å²) in [6.07, 6.45) is 0.877. The van der Waals surface area contributed by atoms with Crippen LogP contribution in [0.25, 0.3) is 0 Å². The molecule has 1 amide bonds. The van der Waals surface area contributed by atoms with Crippen LogP contribution in [0.1, 0.15) is 48.2 Å². The maximum absolute atomic E-state index is 12.8. The highest BCUT2D eigenvalue weighted by Crippen LogP contribution is 2.43. The number of Topliss-reactive ketones (excluding diaryl/α,β-unsaturated/α-hetero) is 1. The lowest BCUT2D eigenvalue weighted by Gasteiger charge is -2.27. The van der Waals surface area contributed by atoms with Gasteiger partial charge in [-0.2, -0.15) is 0 Å². The zero-order valence-corrected chi connectivity index (χ0v) is 17.0. The zero-order valence-electron chi connectivity index (χ0n) is 17.0. The number of amides is 1. The Morgan fingerprint density at radius 3 is 2.38 bits per heavy atom. The van der Waals surface area contributed by atoms with E-state index in [1.807, 2.05) is 6.92 Å². The first-order valence-corrected chi connectivity index (χ1v) is 9.44. The number of carbonyl (C=O) groups excluding carboxylic acids is 2. The maximum atomic E-state index is 12.8. The van der Waals surface area contributed by atoms with Gasteiger partial charge in [-0.3, -0.25) is 9.59 Å². The van der Waals surface area contributed by atoms with Crippen molar-refractivity contribution < 1.29 is 28.5 Å². The number of ether oxygens (including phenoxy) is 4. The molecule has 2 aromatic carbocycles. The molecule has 1 N–H and O–H groups in total. The van der Waals surface area contributed by atoms with Crippen LogP contribution in [0.15, 0.2) is 30.3 Å². The molecule has 3 rings (SSSR count). The first-order valence-electron chi connectivity index (χ1n) is 9.44. The first kappa shape index (κ1) is 20.5. The number of hydrogen-bond acceptors (Lipinski definition) is 6. The van der Waals surface area contributed by atoms with Gasteiger partial charge in [-0.1, -0.05) is 6.92 Å². The van der Waals surface area contributed by atoms with E-state index in [0.29, 0.717) is 40.7 Å². The highest BCUT2D eigenvalue weighted by atomic mass is 16.5. The van der Waals surface area contributed by atoms with Crippen LogP contribution in [-0.2, 0) is 4.79 Å². The van der Waals surface area contributed by atoms with E-state index in [9.17, 15) is 9.59 Å². The molecule has 1 atom stereocenters. The number of anilines is 1. The van der Waals surface area contributed by atoms with Gasteiger partial charge in [0.25, 0.3) is 0 Å². The van der Waals surface area contributed by atoms with Crippen LogP contribution in [0.5, 0.6) is 23.0 Å². The van der Waals surface area contributed by atoms with Crippen molar-refractivity contribution in [2.24, 2.45) is 0 Å². The molecule has 0 aromatic heterocycles. The molecule has 1 aliphatic rings. The third-order valence-electron chi connectivity index (χ3n) is 4.74. The molecule has 0 spiro atoms. The fourth-order valence-corrected chi connectivity index (χ4v) is 3.33. The van der Waals surface area contributed by atoms with Crippen LogP contribution in [0.4, 0.5) is 5.69 Å². The molecule has 2 aromatic rings. The first-order chi connectivity index (χ1) is 14.0. The van der Waals surface area contributed by atoms with Crippen LogP contribution in [0, 0.1) is 0 Å². The van der Waals surface area contributed by atoms with Gasteiger partial charge in [-0.05, 0) is 36.8 Å². The SMILES string of the molecule is CCCC(=O)Nc1ccc2c(c1)C(=O)CC(c1cc(OC)c(OC)c(OC)c1)O2. The molecule has 0 saturated heterocycles. The second kappa shape index (κ2) is 8.86. The smallest absolute Gasteiger partial charge is 0.224 e. The molecule has 29 heavy (non-hydrogen) atoms. The Hall–Kier alpha value is -3.22. The summed E-state index contributed by atoms with van der Waals surface area (Å²) in [6, 6.07) is 8.67. The van der Waals surface area contributed by atoms with Crippen molar-refractivity contribution in [1.82, 2.24) is 0 Å². The number of ketones is 1. The lowest BCUT2D eigenvalue weighted by Crippen LogP contribution is -2.21. The van der Waals surface area contributed by atoms with Gasteiger partial charge >= 0.3 is 0 Å². The average Bonchev–Trinajstić information content (AvgIpc) is 2.73. The summed E-state index contributed by atoms with van der Waals surface area (Å²) in [4.78, 5) is 24.6. The van der Waals surface area contributed by atoms with Gasteiger partial charge in [0.1, 0.15) is 11.9 Å². The van der Waals surface area contributed by atoms with Gasteiger partial charge < -0.3 is 24.3 Å². The molecule has 154 valence electrons. The van der Waals surface area contributed by atoms with Crippen molar-refractivity contribution >= 4 is 17.4 Å². The van der Waals surface area contributed by atoms with E-state index in [1.165, 1.54) is 21.3 Å². The molecule has 7 heteroatoms. The Morgan fingerprint density at radius 1 is 1.10 bits per heavy atom. The minimum atomic E-state index is -0.482. The van der Waals surface area contributed by atoms with Gasteiger partial charge in [0.15, 0.2) is 17.3 Å².